The van der Waals surface area contributed by atoms with E-state index in [4.69, 9.17) is 3.97 Å². The van der Waals surface area contributed by atoms with Crippen LogP contribution in [-0.4, -0.2) is 38.8 Å². The summed E-state index contributed by atoms with van der Waals surface area (Å²) in [7, 11) is -3.40. The van der Waals surface area contributed by atoms with E-state index in [0.717, 1.165) is 43.9 Å². The molecule has 0 fully saturated rings. The maximum absolute atomic E-state index is 12.6. The molecule has 0 aromatic rings. The Morgan fingerprint density at radius 3 is 1.14 bits per heavy atom. The van der Waals surface area contributed by atoms with E-state index in [-0.39, 0.29) is 5.75 Å². The maximum atomic E-state index is 12.6. The van der Waals surface area contributed by atoms with Crippen molar-refractivity contribution in [1.82, 2.24) is 0 Å². The monoisotopic (exact) mass is 452 g/mol. The Balaban J connectivity index is 3.84. The molecule has 0 aliphatic heterocycles. The Labute approximate surface area is 184 Å². The minimum absolute atomic E-state index is 0.197. The predicted molar refractivity (Wildman–Crippen MR) is 134 cm³/mol. The van der Waals surface area contributed by atoms with Crippen LogP contribution in [0.2, 0.25) is 0 Å². The molecule has 0 aliphatic carbocycles. The summed E-state index contributed by atoms with van der Waals surface area (Å²) in [6, 6.07) is 0. The second kappa shape index (κ2) is 16.0. The molecule has 3 nitrogen and oxygen atoms in total. The van der Waals surface area contributed by atoms with Gasteiger partial charge in [-0.3, -0.25) is 0 Å². The van der Waals surface area contributed by atoms with Gasteiger partial charge in [-0.25, -0.2) is 0 Å². The summed E-state index contributed by atoms with van der Waals surface area (Å²) >= 11 is 0. The first-order chi connectivity index (χ1) is 13.8. The molecule has 0 rings (SSSR count). The van der Waals surface area contributed by atoms with Crippen molar-refractivity contribution in [3.8, 4) is 0 Å². The van der Waals surface area contributed by atoms with Crippen LogP contribution in [0.15, 0.2) is 0 Å². The van der Waals surface area contributed by atoms with Crippen molar-refractivity contribution >= 4 is 16.9 Å². The standard InChI is InChI=1S/C24H53O3PS/c1-6-11-12-13-14-15-16-17-18-19-20-21-22-23-24-29(25,26)27-28(7-2,8-3,9-4)10-5/h6-24H2,1-5H3. The Kier molecular flexibility index (Phi) is 16.2. The van der Waals surface area contributed by atoms with E-state index in [9.17, 15) is 8.42 Å². The van der Waals surface area contributed by atoms with Gasteiger partial charge in [0.05, 0.1) is 0 Å². The molecule has 0 bridgehead atoms. The molecule has 0 aromatic heterocycles. The predicted octanol–water partition coefficient (Wildman–Crippen LogP) is 8.36. The first kappa shape index (κ1) is 29.3. The van der Waals surface area contributed by atoms with Crippen LogP contribution in [0.1, 0.15) is 125 Å². The van der Waals surface area contributed by atoms with Crippen LogP contribution in [0.3, 0.4) is 0 Å². The van der Waals surface area contributed by atoms with Gasteiger partial charge in [-0.1, -0.05) is 39.0 Å². The molecule has 0 heterocycles. The number of rotatable bonds is 21. The third-order valence-electron chi connectivity index (χ3n) is 7.27. The van der Waals surface area contributed by atoms with Crippen molar-refractivity contribution in [1.29, 1.82) is 0 Å². The summed E-state index contributed by atoms with van der Waals surface area (Å²) in [5.74, 6) is 0.197. The van der Waals surface area contributed by atoms with Crippen molar-refractivity contribution in [2.24, 2.45) is 0 Å². The van der Waals surface area contributed by atoms with E-state index in [2.05, 4.69) is 34.6 Å². The molecule has 0 spiro atoms. The average molecular weight is 453 g/mol. The van der Waals surface area contributed by atoms with Gasteiger partial charge in [-0.15, -0.1) is 0 Å². The second-order valence-corrected chi connectivity index (χ2v) is 17.4. The SMILES string of the molecule is CCCCCCCCCCCCCCCCS(=O)(=O)OP(CC)(CC)(CC)CC. The van der Waals surface area contributed by atoms with Crippen LogP contribution in [-0.2, 0) is 14.1 Å². The zero-order valence-electron chi connectivity index (χ0n) is 20.5. The van der Waals surface area contributed by atoms with Crippen LogP contribution in [0, 0.1) is 0 Å². The molecule has 178 valence electrons. The van der Waals surface area contributed by atoms with Crippen molar-refractivity contribution in [3.63, 3.8) is 0 Å². The molecule has 0 aromatic carbocycles. The van der Waals surface area contributed by atoms with Crippen molar-refractivity contribution in [2.45, 2.75) is 125 Å². The average Bonchev–Trinajstić information content (AvgIpc) is 2.73. The first-order valence-electron chi connectivity index (χ1n) is 12.8. The summed E-state index contributed by atoms with van der Waals surface area (Å²) in [6.07, 6.45) is 21.4. The zero-order valence-corrected chi connectivity index (χ0v) is 22.2. The van der Waals surface area contributed by atoms with Gasteiger partial charge in [0, 0.05) is 0 Å². The number of hydrogen-bond donors (Lipinski definition) is 0. The van der Waals surface area contributed by atoms with Crippen molar-refractivity contribution in [2.75, 3.05) is 30.4 Å². The van der Waals surface area contributed by atoms with Gasteiger partial charge in [-0.2, -0.15) is 0 Å². The Bertz CT molecular complexity index is 463. The number of unbranched alkanes of at least 4 members (excludes halogenated alkanes) is 13. The fourth-order valence-corrected chi connectivity index (χ4v) is 12.2. The topological polar surface area (TPSA) is 43.4 Å². The third kappa shape index (κ3) is 12.1. The summed E-state index contributed by atoms with van der Waals surface area (Å²) < 4.78 is 31.3. The fraction of sp³-hybridized carbons (Fsp3) is 1.00. The van der Waals surface area contributed by atoms with Crippen molar-refractivity contribution in [3.05, 3.63) is 0 Å². The summed E-state index contributed by atoms with van der Waals surface area (Å²) in [6.45, 7) is 8.15. The van der Waals surface area contributed by atoms with Crippen LogP contribution >= 0.6 is 6.83 Å². The first-order valence-corrected chi connectivity index (χ1v) is 17.2. The Morgan fingerprint density at radius 2 is 0.828 bits per heavy atom. The number of hydrogen-bond acceptors (Lipinski definition) is 3. The van der Waals surface area contributed by atoms with E-state index < -0.39 is 16.9 Å². The molecule has 5 heteroatoms. The van der Waals surface area contributed by atoms with Gasteiger partial charge < -0.3 is 0 Å². The van der Waals surface area contributed by atoms with Crippen LogP contribution in [0.25, 0.3) is 0 Å². The second-order valence-electron chi connectivity index (χ2n) is 9.06. The summed E-state index contributed by atoms with van der Waals surface area (Å²) in [4.78, 5) is 0. The van der Waals surface area contributed by atoms with Crippen LogP contribution in [0.4, 0.5) is 0 Å². The van der Waals surface area contributed by atoms with Gasteiger partial charge in [-0.05, 0) is 0 Å². The quantitative estimate of drug-likeness (QED) is 0.130. The van der Waals surface area contributed by atoms with Gasteiger partial charge in [0.2, 0.25) is 0 Å². The molecular formula is C24H53O3PS. The van der Waals surface area contributed by atoms with E-state index >= 15 is 0 Å². The summed E-state index contributed by atoms with van der Waals surface area (Å²) in [5.41, 5.74) is 0. The van der Waals surface area contributed by atoms with E-state index in [1.165, 1.54) is 70.6 Å². The van der Waals surface area contributed by atoms with E-state index in [1.807, 2.05) is 0 Å². The fourth-order valence-electron chi connectivity index (χ4n) is 4.38. The molecule has 0 aliphatic rings. The molecule has 0 saturated heterocycles. The van der Waals surface area contributed by atoms with Gasteiger partial charge in [0.1, 0.15) is 0 Å². The van der Waals surface area contributed by atoms with Gasteiger partial charge >= 0.3 is 145 Å². The molecule has 29 heavy (non-hydrogen) atoms. The Morgan fingerprint density at radius 1 is 0.517 bits per heavy atom. The van der Waals surface area contributed by atoms with E-state index in [1.54, 1.807) is 0 Å². The normalized spacial score (nSPS) is 14.0. The third-order valence-corrected chi connectivity index (χ3v) is 17.1. The molecule has 0 N–H and O–H groups in total. The molecule has 0 radical (unpaired) electrons. The molecule has 0 amide bonds. The zero-order chi connectivity index (χ0) is 22.1. The van der Waals surface area contributed by atoms with E-state index in [0.29, 0.717) is 0 Å². The summed E-state index contributed by atoms with van der Waals surface area (Å²) in [5, 5.41) is 0. The van der Waals surface area contributed by atoms with Crippen LogP contribution < -0.4 is 0 Å². The minimum atomic E-state index is -3.40. The van der Waals surface area contributed by atoms with Gasteiger partial charge in [0.25, 0.3) is 0 Å². The molecule has 0 atom stereocenters. The molecule has 0 saturated carbocycles. The molecule has 0 unspecified atom stereocenters. The van der Waals surface area contributed by atoms with Gasteiger partial charge in [0.15, 0.2) is 0 Å². The van der Waals surface area contributed by atoms with Crippen molar-refractivity contribution < 1.29 is 12.4 Å². The molecular weight excluding hydrogens is 399 g/mol. The Hall–Kier alpha value is 0.340. The van der Waals surface area contributed by atoms with Crippen LogP contribution in [0.5, 0.6) is 0 Å².